The number of rotatable bonds is 7. The zero-order valence-corrected chi connectivity index (χ0v) is 29.3. The quantitative estimate of drug-likeness (QED) is 0.162. The molecular formula is C51H32N4O2. The third-order valence-electron chi connectivity index (χ3n) is 9.36. The molecule has 3 heterocycles. The van der Waals surface area contributed by atoms with Crippen LogP contribution in [0.2, 0.25) is 0 Å². The maximum Gasteiger partial charge on any atom is 0.164 e. The Bertz CT molecular complexity index is 4070. The van der Waals surface area contributed by atoms with Crippen LogP contribution in [0, 0.1) is 0 Å². The molecule has 0 atom stereocenters. The highest BCUT2D eigenvalue weighted by Gasteiger charge is 2.21. The smallest absolute Gasteiger partial charge is 0.164 e. The van der Waals surface area contributed by atoms with Gasteiger partial charge in [-0.1, -0.05) is 133 Å². The Kier molecular flexibility index (Phi) is 4.77. The van der Waals surface area contributed by atoms with Gasteiger partial charge in [0.15, 0.2) is 17.5 Å². The first-order chi connectivity index (χ1) is 34.9. The van der Waals surface area contributed by atoms with Gasteiger partial charge in [0.1, 0.15) is 22.3 Å². The number of hydrogen-bond donors (Lipinski definition) is 0. The molecule has 0 N–H and O–H groups in total. The van der Waals surface area contributed by atoms with Crippen molar-refractivity contribution >= 4 is 60.9 Å². The Hall–Kier alpha value is -7.83. The summed E-state index contributed by atoms with van der Waals surface area (Å²) >= 11 is 0. The van der Waals surface area contributed by atoms with Crippen LogP contribution in [0.4, 0.5) is 17.1 Å². The molecule has 0 aliphatic carbocycles. The molecular weight excluding hydrogens is 701 g/mol. The van der Waals surface area contributed by atoms with Crippen LogP contribution in [-0.4, -0.2) is 15.0 Å². The molecule has 0 aliphatic heterocycles. The fourth-order valence-corrected chi connectivity index (χ4v) is 6.76. The first-order valence-electron chi connectivity index (χ1n) is 25.6. The molecule has 0 saturated carbocycles. The Morgan fingerprint density at radius 1 is 0.404 bits per heavy atom. The Morgan fingerprint density at radius 2 is 1.04 bits per heavy atom. The van der Waals surface area contributed by atoms with Crippen LogP contribution in [0.25, 0.3) is 89.2 Å². The van der Waals surface area contributed by atoms with E-state index < -0.39 is 125 Å². The molecule has 0 radical (unpaired) electrons. The number of benzene rings is 8. The number of para-hydroxylation sites is 1. The molecule has 0 fully saturated rings. The van der Waals surface area contributed by atoms with E-state index in [1.54, 1.807) is 18.2 Å². The zero-order chi connectivity index (χ0) is 51.6. The van der Waals surface area contributed by atoms with Gasteiger partial charge in [0.05, 0.1) is 21.9 Å². The molecule has 0 bridgehead atoms. The van der Waals surface area contributed by atoms with Crippen LogP contribution in [-0.2, 0) is 0 Å². The molecule has 0 amide bonds. The Labute approximate surface area is 350 Å². The molecule has 8 aromatic carbocycles. The van der Waals surface area contributed by atoms with Gasteiger partial charge in [-0.2, -0.15) is 0 Å². The Balaban J connectivity index is 1.19. The van der Waals surface area contributed by atoms with Crippen LogP contribution in [0.15, 0.2) is 203 Å². The third kappa shape index (κ3) is 5.79. The van der Waals surface area contributed by atoms with Gasteiger partial charge in [-0.15, -0.1) is 0 Å². The number of aromatic nitrogens is 3. The molecule has 6 heteroatoms. The monoisotopic (exact) mass is 748 g/mol. The molecule has 11 aromatic rings. The van der Waals surface area contributed by atoms with Crippen molar-refractivity contribution in [2.24, 2.45) is 0 Å². The summed E-state index contributed by atoms with van der Waals surface area (Å²) in [5.74, 6) is 1.14. The second-order valence-corrected chi connectivity index (χ2v) is 12.8. The van der Waals surface area contributed by atoms with E-state index in [4.69, 9.17) is 36.1 Å². The summed E-state index contributed by atoms with van der Waals surface area (Å²) in [5, 5.41) is 0.568. The minimum Gasteiger partial charge on any atom is -0.456 e. The molecule has 11 rings (SSSR count). The van der Waals surface area contributed by atoms with Crippen molar-refractivity contribution in [3.05, 3.63) is 194 Å². The van der Waals surface area contributed by atoms with Crippen LogP contribution in [0.3, 0.4) is 0 Å². The van der Waals surface area contributed by atoms with Crippen molar-refractivity contribution in [3.8, 4) is 45.3 Å². The van der Waals surface area contributed by atoms with Crippen molar-refractivity contribution in [3.63, 3.8) is 0 Å². The van der Waals surface area contributed by atoms with Crippen molar-refractivity contribution in [2.45, 2.75) is 0 Å². The first-order valence-corrected chi connectivity index (χ1v) is 17.6. The van der Waals surface area contributed by atoms with Gasteiger partial charge in [0, 0.05) is 67.4 Å². The van der Waals surface area contributed by atoms with Gasteiger partial charge in [0.2, 0.25) is 0 Å². The number of fused-ring (bicyclic) bond motifs is 6. The van der Waals surface area contributed by atoms with Gasteiger partial charge >= 0.3 is 0 Å². The molecule has 0 spiro atoms. The molecule has 6 nitrogen and oxygen atoms in total. The lowest BCUT2D eigenvalue weighted by Gasteiger charge is -2.25. The summed E-state index contributed by atoms with van der Waals surface area (Å²) < 4.78 is 154. The van der Waals surface area contributed by atoms with Crippen LogP contribution in [0.1, 0.15) is 21.9 Å². The van der Waals surface area contributed by atoms with E-state index in [1.807, 2.05) is 66.7 Å². The van der Waals surface area contributed by atoms with Gasteiger partial charge < -0.3 is 13.7 Å². The lowest BCUT2D eigenvalue weighted by Crippen LogP contribution is -2.09. The number of hydrogen-bond acceptors (Lipinski definition) is 6. The van der Waals surface area contributed by atoms with Crippen LogP contribution >= 0.6 is 0 Å². The molecule has 0 aliphatic rings. The normalized spacial score (nSPS) is 15.4. The Morgan fingerprint density at radius 3 is 1.79 bits per heavy atom. The van der Waals surface area contributed by atoms with E-state index in [0.717, 1.165) is 16.0 Å². The fourth-order valence-electron chi connectivity index (χ4n) is 6.76. The maximum atomic E-state index is 9.65. The molecule has 0 unspecified atom stereocenters. The molecule has 0 saturated heterocycles. The zero-order valence-electron chi connectivity index (χ0n) is 45.3. The summed E-state index contributed by atoms with van der Waals surface area (Å²) in [4.78, 5) is 15.7. The van der Waals surface area contributed by atoms with E-state index in [2.05, 4.69) is 0 Å². The standard InChI is InChI=1S/C51H32N4O2/c1-4-13-33(14-5-1)34-23-25-37(26-24-34)55(38-27-29-41-40-19-10-11-21-44(40)56-46(41)31-38)39-28-30-42-47(32-39)57-45-22-12-20-43(48(42)45)51-53-49(35-15-6-2-7-16-35)52-50(54-51)36-17-8-3-9-18-36/h1-32H/i1D,4D,5D,10D,11D,13D,14D,19D,21D,23D,24D,25D,26D,27D,29D,31D. The van der Waals surface area contributed by atoms with Gasteiger partial charge in [-0.3, -0.25) is 0 Å². The third-order valence-corrected chi connectivity index (χ3v) is 9.36. The minimum atomic E-state index is -0.839. The lowest BCUT2D eigenvalue weighted by molar-refractivity contribution is 0.669. The highest BCUT2D eigenvalue weighted by Crippen LogP contribution is 2.43. The number of nitrogens with zero attached hydrogens (tertiary/aromatic N) is 4. The minimum absolute atomic E-state index is 0.0246. The van der Waals surface area contributed by atoms with E-state index in [-0.39, 0.29) is 27.6 Å². The van der Waals surface area contributed by atoms with Crippen molar-refractivity contribution in [1.29, 1.82) is 0 Å². The van der Waals surface area contributed by atoms with Crippen LogP contribution < -0.4 is 4.90 Å². The second kappa shape index (κ2) is 13.5. The van der Waals surface area contributed by atoms with Gasteiger partial charge in [-0.05, 0) is 59.5 Å². The molecule has 3 aromatic heterocycles. The van der Waals surface area contributed by atoms with E-state index in [1.165, 1.54) is 12.1 Å². The summed E-state index contributed by atoms with van der Waals surface area (Å²) in [6.45, 7) is 0. The largest absolute Gasteiger partial charge is 0.456 e. The summed E-state index contributed by atoms with van der Waals surface area (Å²) in [6, 6.07) is 17.1. The number of furan rings is 2. The van der Waals surface area contributed by atoms with E-state index in [0.29, 0.717) is 39.4 Å². The summed E-state index contributed by atoms with van der Waals surface area (Å²) in [6.07, 6.45) is 0. The number of anilines is 3. The highest BCUT2D eigenvalue weighted by atomic mass is 16.3. The highest BCUT2D eigenvalue weighted by molar-refractivity contribution is 6.13. The summed E-state index contributed by atoms with van der Waals surface area (Å²) in [7, 11) is 0. The average Bonchev–Trinajstić information content (AvgIpc) is 4.00. The summed E-state index contributed by atoms with van der Waals surface area (Å²) in [5.41, 5.74) is -0.548. The molecule has 268 valence electrons. The average molecular weight is 749 g/mol. The predicted octanol–water partition coefficient (Wildman–Crippen LogP) is 13.8. The SMILES string of the molecule is [2H]c1c([2H])c([2H])c(-c2c([2H])c([2H])c(N(c3ccc4c(c3)oc3cccc(-c5nc(-c6ccccc6)nc(-c6ccccc6)n5)c34)c3c([2H])c([2H])c4c(oc5c([2H])c([2H])c([2H])c([2H])c54)c3[2H])c([2H])c2[2H])c([2H])c1[2H]. The lowest BCUT2D eigenvalue weighted by atomic mass is 10.0. The fraction of sp³-hybridized carbons (Fsp3) is 0. The maximum absolute atomic E-state index is 9.65. The van der Waals surface area contributed by atoms with Crippen molar-refractivity contribution < 1.29 is 30.8 Å². The van der Waals surface area contributed by atoms with Gasteiger partial charge in [0.25, 0.3) is 0 Å². The van der Waals surface area contributed by atoms with Crippen LogP contribution in [0.5, 0.6) is 0 Å². The first kappa shape index (κ1) is 20.2. The second-order valence-electron chi connectivity index (χ2n) is 12.8. The topological polar surface area (TPSA) is 68.2 Å². The van der Waals surface area contributed by atoms with E-state index in [9.17, 15) is 9.60 Å². The van der Waals surface area contributed by atoms with Crippen molar-refractivity contribution in [1.82, 2.24) is 15.0 Å². The van der Waals surface area contributed by atoms with E-state index >= 15 is 0 Å². The predicted molar refractivity (Wildman–Crippen MR) is 231 cm³/mol. The van der Waals surface area contributed by atoms with Gasteiger partial charge in [-0.25, -0.2) is 15.0 Å². The molecule has 57 heavy (non-hydrogen) atoms. The van der Waals surface area contributed by atoms with Crippen molar-refractivity contribution in [2.75, 3.05) is 4.90 Å².